The number of nitrogens with zero attached hydrogens (tertiary/aromatic N) is 6. The van der Waals surface area contributed by atoms with Crippen molar-refractivity contribution in [2.75, 3.05) is 5.73 Å². The normalized spacial score (nSPS) is 11.1. The van der Waals surface area contributed by atoms with E-state index >= 15 is 0 Å². The molecule has 0 bridgehead atoms. The number of nitrogens with one attached hydrogen (secondary N) is 1. The lowest BCUT2D eigenvalue weighted by molar-refractivity contribution is 0.0949. The van der Waals surface area contributed by atoms with Crippen LogP contribution in [0.4, 0.5) is 5.82 Å². The highest BCUT2D eigenvalue weighted by Crippen LogP contribution is 2.20. The van der Waals surface area contributed by atoms with Crippen molar-refractivity contribution in [3.63, 3.8) is 0 Å². The van der Waals surface area contributed by atoms with Crippen LogP contribution in [-0.2, 0) is 0 Å². The SMILES string of the molecule is Cc1c(C(=O)N/N=C\c2ccc(O)cc2O)nnn1-c1nonc1N. The van der Waals surface area contributed by atoms with Gasteiger partial charge in [0.15, 0.2) is 5.69 Å². The minimum absolute atomic E-state index is 0.000726. The number of anilines is 1. The number of benzene rings is 1. The van der Waals surface area contributed by atoms with Gasteiger partial charge in [-0.05, 0) is 29.4 Å². The average Bonchev–Trinajstić information content (AvgIpc) is 3.15. The molecule has 0 aliphatic carbocycles. The number of nitrogens with two attached hydrogens (primary N) is 1. The van der Waals surface area contributed by atoms with Crippen LogP contribution in [0.1, 0.15) is 21.7 Å². The molecule has 0 fully saturated rings. The van der Waals surface area contributed by atoms with E-state index in [1.165, 1.54) is 23.0 Å². The second kappa shape index (κ2) is 6.27. The van der Waals surface area contributed by atoms with E-state index in [9.17, 15) is 15.0 Å². The largest absolute Gasteiger partial charge is 0.508 e. The molecule has 128 valence electrons. The van der Waals surface area contributed by atoms with Gasteiger partial charge >= 0.3 is 0 Å². The standard InChI is InChI=1S/C13H12N8O4/c1-6-10(16-20-21(6)12-11(14)18-25-19-12)13(24)17-15-5-7-2-3-8(22)4-9(7)23/h2-5,22-23H,1H3,(H2,14,18)(H,17,24)/b15-5-. The molecule has 12 nitrogen and oxygen atoms in total. The van der Waals surface area contributed by atoms with E-state index < -0.39 is 5.91 Å². The van der Waals surface area contributed by atoms with Gasteiger partial charge in [-0.15, -0.1) is 5.10 Å². The molecule has 0 atom stereocenters. The van der Waals surface area contributed by atoms with Crippen LogP contribution in [0.25, 0.3) is 5.82 Å². The van der Waals surface area contributed by atoms with Crippen molar-refractivity contribution < 1.29 is 19.6 Å². The fourth-order valence-corrected chi connectivity index (χ4v) is 1.93. The number of nitrogen functional groups attached to an aromatic ring is 1. The van der Waals surface area contributed by atoms with Crippen LogP contribution in [0.2, 0.25) is 0 Å². The smallest absolute Gasteiger partial charge is 0.293 e. The number of aromatic hydroxyl groups is 2. The Morgan fingerprint density at radius 1 is 1.40 bits per heavy atom. The lowest BCUT2D eigenvalue weighted by atomic mass is 10.2. The zero-order valence-corrected chi connectivity index (χ0v) is 12.8. The molecule has 25 heavy (non-hydrogen) atoms. The van der Waals surface area contributed by atoms with E-state index in [1.807, 2.05) is 0 Å². The molecule has 3 rings (SSSR count). The van der Waals surface area contributed by atoms with Crippen LogP contribution in [0, 0.1) is 6.92 Å². The number of hydrogen-bond donors (Lipinski definition) is 4. The van der Waals surface area contributed by atoms with Crippen molar-refractivity contribution in [1.29, 1.82) is 0 Å². The molecule has 1 aromatic carbocycles. The quantitative estimate of drug-likeness (QED) is 0.366. The Kier molecular flexibility index (Phi) is 3.99. The van der Waals surface area contributed by atoms with Gasteiger partial charge in [-0.2, -0.15) is 9.78 Å². The number of amides is 1. The first-order valence-corrected chi connectivity index (χ1v) is 6.83. The van der Waals surface area contributed by atoms with Gasteiger partial charge in [0.05, 0.1) is 11.9 Å². The molecule has 0 radical (unpaired) electrons. The van der Waals surface area contributed by atoms with Crippen LogP contribution in [0.15, 0.2) is 27.9 Å². The number of carbonyl (C=O) groups is 1. The minimum Gasteiger partial charge on any atom is -0.508 e. The Bertz CT molecular complexity index is 961. The number of rotatable bonds is 4. The molecular formula is C13H12N8O4. The highest BCUT2D eigenvalue weighted by atomic mass is 16.6. The van der Waals surface area contributed by atoms with Gasteiger partial charge in [0.1, 0.15) is 11.5 Å². The summed E-state index contributed by atoms with van der Waals surface area (Å²) in [6.45, 7) is 1.58. The van der Waals surface area contributed by atoms with Crippen LogP contribution < -0.4 is 11.2 Å². The molecule has 5 N–H and O–H groups in total. The van der Waals surface area contributed by atoms with Gasteiger partial charge in [-0.3, -0.25) is 4.79 Å². The van der Waals surface area contributed by atoms with E-state index in [1.54, 1.807) is 6.92 Å². The summed E-state index contributed by atoms with van der Waals surface area (Å²) < 4.78 is 5.68. The number of aromatic nitrogens is 5. The van der Waals surface area contributed by atoms with Gasteiger partial charge in [0.2, 0.25) is 11.6 Å². The Labute approximate surface area is 139 Å². The molecule has 0 saturated heterocycles. The maximum Gasteiger partial charge on any atom is 0.293 e. The molecule has 0 spiro atoms. The van der Waals surface area contributed by atoms with Gasteiger partial charge in [-0.25, -0.2) is 10.1 Å². The van der Waals surface area contributed by atoms with Crippen molar-refractivity contribution in [1.82, 2.24) is 30.7 Å². The summed E-state index contributed by atoms with van der Waals surface area (Å²) in [5.74, 6) is -0.794. The van der Waals surface area contributed by atoms with Crippen molar-refractivity contribution in [2.24, 2.45) is 5.10 Å². The molecule has 0 saturated carbocycles. The summed E-state index contributed by atoms with van der Waals surface area (Å²) in [5, 5.41) is 37.1. The van der Waals surface area contributed by atoms with Crippen molar-refractivity contribution in [2.45, 2.75) is 6.92 Å². The number of phenolic OH excluding ortho intramolecular Hbond substituents is 2. The van der Waals surface area contributed by atoms with Gasteiger partial charge in [0, 0.05) is 11.6 Å². The number of carbonyl (C=O) groups excluding carboxylic acids is 1. The zero-order valence-electron chi connectivity index (χ0n) is 12.8. The highest BCUT2D eigenvalue weighted by Gasteiger charge is 2.20. The fourth-order valence-electron chi connectivity index (χ4n) is 1.93. The first kappa shape index (κ1) is 15.9. The minimum atomic E-state index is -0.631. The molecule has 3 aromatic rings. The Hall–Kier alpha value is -3.96. The Morgan fingerprint density at radius 2 is 2.20 bits per heavy atom. The predicted molar refractivity (Wildman–Crippen MR) is 83.2 cm³/mol. The van der Waals surface area contributed by atoms with Gasteiger partial charge in [-0.1, -0.05) is 5.21 Å². The third-order valence-electron chi connectivity index (χ3n) is 3.19. The summed E-state index contributed by atoms with van der Waals surface area (Å²) in [7, 11) is 0. The predicted octanol–water partition coefficient (Wildman–Crippen LogP) is -0.284. The summed E-state index contributed by atoms with van der Waals surface area (Å²) in [6, 6.07) is 3.95. The van der Waals surface area contributed by atoms with Gasteiger partial charge < -0.3 is 15.9 Å². The summed E-state index contributed by atoms with van der Waals surface area (Å²) in [5.41, 5.74) is 8.48. The van der Waals surface area contributed by atoms with Gasteiger partial charge in [0.25, 0.3) is 5.91 Å². The van der Waals surface area contributed by atoms with E-state index in [0.29, 0.717) is 11.3 Å². The summed E-state index contributed by atoms with van der Waals surface area (Å²) in [4.78, 5) is 12.1. The third-order valence-corrected chi connectivity index (χ3v) is 3.19. The van der Waals surface area contributed by atoms with Crippen LogP contribution in [0.5, 0.6) is 11.5 Å². The monoisotopic (exact) mass is 344 g/mol. The first-order valence-electron chi connectivity index (χ1n) is 6.83. The molecule has 2 heterocycles. The van der Waals surface area contributed by atoms with Crippen molar-refractivity contribution in [3.8, 4) is 17.3 Å². The number of phenols is 2. The lowest BCUT2D eigenvalue weighted by Crippen LogP contribution is -2.19. The number of hydrazone groups is 1. The molecule has 0 aliphatic rings. The Balaban J connectivity index is 1.75. The van der Waals surface area contributed by atoms with E-state index in [0.717, 1.165) is 6.07 Å². The molecule has 0 aliphatic heterocycles. The second-order valence-electron chi connectivity index (χ2n) is 4.85. The third kappa shape index (κ3) is 3.08. The average molecular weight is 344 g/mol. The summed E-state index contributed by atoms with van der Waals surface area (Å²) >= 11 is 0. The van der Waals surface area contributed by atoms with Crippen LogP contribution in [-0.4, -0.2) is 47.6 Å². The van der Waals surface area contributed by atoms with E-state index in [2.05, 4.69) is 35.8 Å². The highest BCUT2D eigenvalue weighted by molar-refractivity contribution is 5.94. The molecule has 1 amide bonds. The van der Waals surface area contributed by atoms with E-state index in [-0.39, 0.29) is 28.8 Å². The topological polar surface area (TPSA) is 178 Å². The fraction of sp³-hybridized carbons (Fsp3) is 0.0769. The van der Waals surface area contributed by atoms with Crippen molar-refractivity contribution >= 4 is 17.9 Å². The second-order valence-corrected chi connectivity index (χ2v) is 4.85. The summed E-state index contributed by atoms with van der Waals surface area (Å²) in [6.07, 6.45) is 1.21. The number of hydrogen-bond acceptors (Lipinski definition) is 10. The van der Waals surface area contributed by atoms with E-state index in [4.69, 9.17) is 5.73 Å². The Morgan fingerprint density at radius 3 is 2.88 bits per heavy atom. The maximum atomic E-state index is 12.1. The lowest BCUT2D eigenvalue weighted by Gasteiger charge is -2.00. The molecule has 12 heteroatoms. The van der Waals surface area contributed by atoms with Crippen molar-refractivity contribution in [3.05, 3.63) is 35.2 Å². The van der Waals surface area contributed by atoms with Crippen LogP contribution in [0.3, 0.4) is 0 Å². The molecule has 2 aromatic heterocycles. The maximum absolute atomic E-state index is 12.1. The molecule has 0 unspecified atom stereocenters. The molecular weight excluding hydrogens is 332 g/mol. The van der Waals surface area contributed by atoms with Crippen LogP contribution >= 0.6 is 0 Å². The first-order chi connectivity index (χ1) is 12.0. The zero-order chi connectivity index (χ0) is 18.0.